The smallest absolute Gasteiger partial charge is 0.337 e. The van der Waals surface area contributed by atoms with Gasteiger partial charge in [-0.25, -0.2) is 4.79 Å². The Bertz CT molecular complexity index is 1140. The third-order valence-corrected chi connectivity index (χ3v) is 7.51. The van der Waals surface area contributed by atoms with E-state index in [0.717, 1.165) is 37.7 Å². The van der Waals surface area contributed by atoms with Gasteiger partial charge in [0.2, 0.25) is 5.91 Å². The van der Waals surface area contributed by atoms with Crippen molar-refractivity contribution in [1.29, 1.82) is 0 Å². The van der Waals surface area contributed by atoms with Gasteiger partial charge in [-0.15, -0.1) is 5.92 Å². The van der Waals surface area contributed by atoms with Crippen LogP contribution >= 0.6 is 0 Å². The van der Waals surface area contributed by atoms with E-state index in [2.05, 4.69) is 24.1 Å². The second-order valence-corrected chi connectivity index (χ2v) is 11.3. The maximum absolute atomic E-state index is 13.3. The van der Waals surface area contributed by atoms with Crippen LogP contribution in [0, 0.1) is 17.8 Å². The predicted molar refractivity (Wildman–Crippen MR) is 172 cm³/mol. The van der Waals surface area contributed by atoms with Crippen molar-refractivity contribution in [2.75, 3.05) is 13.2 Å². The number of carbonyl (C=O) groups excluding carboxylic acids is 2. The molecule has 0 fully saturated rings. The van der Waals surface area contributed by atoms with Gasteiger partial charge in [0.15, 0.2) is 5.60 Å². The van der Waals surface area contributed by atoms with E-state index in [9.17, 15) is 39.6 Å². The molecule has 250 valence electrons. The van der Waals surface area contributed by atoms with E-state index < -0.39 is 48.4 Å². The van der Waals surface area contributed by atoms with E-state index in [-0.39, 0.29) is 18.8 Å². The Kier molecular flexibility index (Phi) is 19.9. The number of hydrogen-bond acceptors (Lipinski definition) is 7. The molecule has 10 heteroatoms. The molecule has 0 aliphatic rings. The molecular weight excluding hydrogens is 578 g/mol. The lowest BCUT2D eigenvalue weighted by Crippen LogP contribution is -2.54. The molecule has 0 aromatic heterocycles. The van der Waals surface area contributed by atoms with Crippen molar-refractivity contribution in [2.45, 2.75) is 115 Å². The standard InChI is InChI=1S/C35H51NO9/c1-3-5-7-10-13-16-29(38)17-14-11-8-9-12-15-18-31(35(44,34(42)43)25-32(39)40)33(41)36-28(26-37)24-27-19-21-30(22-20-27)45-23-6-4-2/h15,18-22,28,31,37,44H,3,5,7-14,16-17,23-26H2,1-2H3,(H,36,41)(H,39,40)(H,42,43)/t28-,31+,35-/m0/s1. The van der Waals surface area contributed by atoms with Gasteiger partial charge in [-0.1, -0.05) is 75.7 Å². The molecule has 0 aliphatic carbocycles. The largest absolute Gasteiger partial charge is 0.481 e. The van der Waals surface area contributed by atoms with Gasteiger partial charge in [-0.3, -0.25) is 14.4 Å². The SMILES string of the molecule is CC#CCOc1ccc(C[C@@H](CO)NC(=O)[C@@H](C=CCCCCCCC(=O)CCCCCCC)[C@@](O)(CC(=O)O)C(=O)O)cc1. The minimum Gasteiger partial charge on any atom is -0.481 e. The summed E-state index contributed by atoms with van der Waals surface area (Å²) in [6.07, 6.45) is 12.2. The van der Waals surface area contributed by atoms with Crippen LogP contribution in [-0.4, -0.2) is 68.9 Å². The van der Waals surface area contributed by atoms with E-state index in [4.69, 9.17) is 4.74 Å². The Morgan fingerprint density at radius 1 is 0.956 bits per heavy atom. The topological polar surface area (TPSA) is 170 Å². The monoisotopic (exact) mass is 629 g/mol. The molecule has 0 saturated heterocycles. The number of carbonyl (C=O) groups is 4. The van der Waals surface area contributed by atoms with Crippen LogP contribution in [0.15, 0.2) is 36.4 Å². The van der Waals surface area contributed by atoms with Gasteiger partial charge in [0, 0.05) is 12.8 Å². The molecule has 5 N–H and O–H groups in total. The van der Waals surface area contributed by atoms with Crippen LogP contribution in [0.3, 0.4) is 0 Å². The van der Waals surface area contributed by atoms with Crippen LogP contribution in [0.5, 0.6) is 5.75 Å². The first kappa shape index (κ1) is 39.3. The van der Waals surface area contributed by atoms with Crippen molar-refractivity contribution in [3.8, 4) is 17.6 Å². The molecule has 1 aromatic rings. The Labute approximate surface area is 267 Å². The Morgan fingerprint density at radius 2 is 1.58 bits per heavy atom. The molecule has 0 heterocycles. The summed E-state index contributed by atoms with van der Waals surface area (Å²) in [7, 11) is 0. The number of aliphatic hydroxyl groups excluding tert-OH is 1. The first-order valence-corrected chi connectivity index (χ1v) is 16.0. The lowest BCUT2D eigenvalue weighted by molar-refractivity contribution is -0.172. The molecule has 45 heavy (non-hydrogen) atoms. The first-order valence-electron chi connectivity index (χ1n) is 16.0. The van der Waals surface area contributed by atoms with Crippen LogP contribution in [0.2, 0.25) is 0 Å². The molecule has 1 rings (SSSR count). The van der Waals surface area contributed by atoms with Gasteiger partial charge in [0.25, 0.3) is 0 Å². The fraction of sp³-hybridized carbons (Fsp3) is 0.600. The molecular formula is C35H51NO9. The summed E-state index contributed by atoms with van der Waals surface area (Å²) >= 11 is 0. The number of benzene rings is 1. The number of nitrogens with one attached hydrogen (secondary N) is 1. The van der Waals surface area contributed by atoms with Crippen LogP contribution < -0.4 is 10.1 Å². The van der Waals surface area contributed by atoms with Gasteiger partial charge in [0.05, 0.1) is 25.0 Å². The Balaban J connectivity index is 2.75. The Morgan fingerprint density at radius 3 is 2.13 bits per heavy atom. The van der Waals surface area contributed by atoms with E-state index >= 15 is 0 Å². The summed E-state index contributed by atoms with van der Waals surface area (Å²) in [5, 5.41) is 42.4. The number of rotatable bonds is 25. The van der Waals surface area contributed by atoms with Crippen LogP contribution in [-0.2, 0) is 25.6 Å². The molecule has 0 saturated carbocycles. The predicted octanol–water partition coefficient (Wildman–Crippen LogP) is 4.84. The van der Waals surface area contributed by atoms with Gasteiger partial charge in [0.1, 0.15) is 18.1 Å². The highest BCUT2D eigenvalue weighted by atomic mass is 16.5. The number of amides is 1. The summed E-state index contributed by atoms with van der Waals surface area (Å²) in [5.41, 5.74) is -2.15. The van der Waals surface area contributed by atoms with Crippen molar-refractivity contribution in [2.24, 2.45) is 5.92 Å². The number of Topliss-reactive ketones (excluding diaryl/α,β-unsaturated/α-hetero) is 1. The lowest BCUT2D eigenvalue weighted by atomic mass is 9.82. The van der Waals surface area contributed by atoms with Gasteiger partial charge in [-0.05, 0) is 56.7 Å². The van der Waals surface area contributed by atoms with E-state index in [1.54, 1.807) is 37.3 Å². The lowest BCUT2D eigenvalue weighted by Gasteiger charge is -2.30. The number of allylic oxidation sites excluding steroid dienone is 1. The first-order chi connectivity index (χ1) is 21.6. The summed E-state index contributed by atoms with van der Waals surface area (Å²) in [5.74, 6) is 0.360. The fourth-order valence-corrected chi connectivity index (χ4v) is 4.88. The normalized spacial score (nSPS) is 13.7. The summed E-state index contributed by atoms with van der Waals surface area (Å²) in [6, 6.07) is 6.12. The highest BCUT2D eigenvalue weighted by molar-refractivity contribution is 5.93. The molecule has 1 amide bonds. The summed E-state index contributed by atoms with van der Waals surface area (Å²) < 4.78 is 5.48. The second kappa shape index (κ2) is 22.8. The number of carboxylic acid groups (broad SMARTS) is 2. The molecule has 0 unspecified atom stereocenters. The minimum absolute atomic E-state index is 0.194. The maximum atomic E-state index is 13.3. The third-order valence-electron chi connectivity index (χ3n) is 7.51. The molecule has 0 bridgehead atoms. The van der Waals surface area contributed by atoms with Crippen molar-refractivity contribution in [1.82, 2.24) is 5.32 Å². The minimum atomic E-state index is -2.90. The molecule has 1 aromatic carbocycles. The maximum Gasteiger partial charge on any atom is 0.337 e. The van der Waals surface area contributed by atoms with Crippen molar-refractivity contribution >= 4 is 23.6 Å². The molecule has 0 aliphatic heterocycles. The van der Waals surface area contributed by atoms with Crippen molar-refractivity contribution < 1.29 is 44.3 Å². The van der Waals surface area contributed by atoms with E-state index in [0.29, 0.717) is 31.4 Å². The van der Waals surface area contributed by atoms with Gasteiger partial charge < -0.3 is 30.5 Å². The Hall–Kier alpha value is -3.68. The number of ether oxygens (including phenoxy) is 1. The zero-order valence-electron chi connectivity index (χ0n) is 26.8. The molecule has 0 spiro atoms. The molecule has 0 radical (unpaired) electrons. The number of hydrogen-bond donors (Lipinski definition) is 5. The van der Waals surface area contributed by atoms with Crippen LogP contribution in [0.4, 0.5) is 0 Å². The van der Waals surface area contributed by atoms with Crippen LogP contribution in [0.1, 0.15) is 103 Å². The number of unbranched alkanes of at least 4 members (excludes halogenated alkanes) is 8. The number of ketones is 1. The highest BCUT2D eigenvalue weighted by Crippen LogP contribution is 2.26. The fourth-order valence-electron chi connectivity index (χ4n) is 4.88. The van der Waals surface area contributed by atoms with Crippen molar-refractivity contribution in [3.63, 3.8) is 0 Å². The van der Waals surface area contributed by atoms with Gasteiger partial charge >= 0.3 is 11.9 Å². The zero-order valence-corrected chi connectivity index (χ0v) is 26.8. The second-order valence-electron chi connectivity index (χ2n) is 11.3. The van der Waals surface area contributed by atoms with Crippen molar-refractivity contribution in [3.05, 3.63) is 42.0 Å². The van der Waals surface area contributed by atoms with E-state index in [1.165, 1.54) is 25.3 Å². The zero-order chi connectivity index (χ0) is 33.5. The summed E-state index contributed by atoms with van der Waals surface area (Å²) in [6.45, 7) is 3.63. The molecule has 10 nitrogen and oxygen atoms in total. The number of aliphatic carboxylic acids is 2. The van der Waals surface area contributed by atoms with E-state index in [1.807, 2.05) is 0 Å². The van der Waals surface area contributed by atoms with Gasteiger partial charge in [-0.2, -0.15) is 0 Å². The average Bonchev–Trinajstić information content (AvgIpc) is 3.00. The number of aliphatic hydroxyl groups is 2. The molecule has 3 atom stereocenters. The highest BCUT2D eigenvalue weighted by Gasteiger charge is 2.48. The third kappa shape index (κ3) is 16.3. The average molecular weight is 630 g/mol. The van der Waals surface area contributed by atoms with Crippen LogP contribution in [0.25, 0.3) is 0 Å². The summed E-state index contributed by atoms with van der Waals surface area (Å²) in [4.78, 5) is 48.8. The number of carboxylic acids is 2. The quantitative estimate of drug-likeness (QED) is 0.0577.